The van der Waals surface area contributed by atoms with Crippen LogP contribution in [0.15, 0.2) is 11.6 Å². The molecule has 1 N–H and O–H groups in total. The molecular weight excluding hydrogens is 122 g/mol. The van der Waals surface area contributed by atoms with Crippen molar-refractivity contribution < 1.29 is 0 Å². The lowest BCUT2D eigenvalue weighted by Crippen LogP contribution is -2.28. The molecule has 1 aliphatic rings. The molecule has 0 aromatic heterocycles. The van der Waals surface area contributed by atoms with Gasteiger partial charge in [-0.1, -0.05) is 18.6 Å². The van der Waals surface area contributed by atoms with Gasteiger partial charge in [-0.05, 0) is 32.7 Å². The van der Waals surface area contributed by atoms with Gasteiger partial charge < -0.3 is 5.32 Å². The largest absolute Gasteiger partial charge is 0.313 e. The first-order valence-corrected chi connectivity index (χ1v) is 4.12. The third-order valence-corrected chi connectivity index (χ3v) is 2.54. The van der Waals surface area contributed by atoms with Gasteiger partial charge in [0.2, 0.25) is 0 Å². The van der Waals surface area contributed by atoms with Crippen molar-refractivity contribution in [3.63, 3.8) is 0 Å². The molecule has 0 spiro atoms. The molecule has 1 nitrogen and oxygen atoms in total. The van der Waals surface area contributed by atoms with Gasteiger partial charge in [-0.3, -0.25) is 0 Å². The SMILES string of the molecule is CC=C1CCC(C)C1NC. The van der Waals surface area contributed by atoms with Gasteiger partial charge in [0.15, 0.2) is 0 Å². The van der Waals surface area contributed by atoms with Crippen molar-refractivity contribution in [2.45, 2.75) is 32.7 Å². The molecule has 0 bridgehead atoms. The van der Waals surface area contributed by atoms with Crippen LogP contribution in [0.5, 0.6) is 0 Å². The first-order valence-electron chi connectivity index (χ1n) is 4.12. The third-order valence-electron chi connectivity index (χ3n) is 2.54. The minimum absolute atomic E-state index is 0.657. The van der Waals surface area contributed by atoms with E-state index in [1.54, 1.807) is 5.57 Å². The molecule has 2 unspecified atom stereocenters. The zero-order chi connectivity index (χ0) is 7.56. The van der Waals surface area contributed by atoms with Gasteiger partial charge >= 0.3 is 0 Å². The molecule has 1 heteroatoms. The second-order valence-corrected chi connectivity index (χ2v) is 3.15. The van der Waals surface area contributed by atoms with E-state index < -0.39 is 0 Å². The van der Waals surface area contributed by atoms with Crippen molar-refractivity contribution in [1.29, 1.82) is 0 Å². The minimum Gasteiger partial charge on any atom is -0.313 e. The molecule has 58 valence electrons. The highest BCUT2D eigenvalue weighted by Crippen LogP contribution is 2.29. The van der Waals surface area contributed by atoms with Gasteiger partial charge in [-0.15, -0.1) is 0 Å². The maximum absolute atomic E-state index is 3.35. The summed E-state index contributed by atoms with van der Waals surface area (Å²) in [7, 11) is 2.05. The highest BCUT2D eigenvalue weighted by molar-refractivity contribution is 5.16. The summed E-state index contributed by atoms with van der Waals surface area (Å²) in [5.74, 6) is 0.830. The molecule has 10 heavy (non-hydrogen) atoms. The first kappa shape index (κ1) is 7.80. The Labute approximate surface area is 63.5 Å². The van der Waals surface area contributed by atoms with Crippen LogP contribution >= 0.6 is 0 Å². The Morgan fingerprint density at radius 2 is 2.30 bits per heavy atom. The minimum atomic E-state index is 0.657. The zero-order valence-corrected chi connectivity index (χ0v) is 7.15. The van der Waals surface area contributed by atoms with Crippen molar-refractivity contribution in [2.75, 3.05) is 7.05 Å². The highest BCUT2D eigenvalue weighted by Gasteiger charge is 2.25. The van der Waals surface area contributed by atoms with Crippen LogP contribution in [-0.2, 0) is 0 Å². The van der Waals surface area contributed by atoms with Crippen LogP contribution < -0.4 is 5.32 Å². The molecule has 1 aliphatic carbocycles. The van der Waals surface area contributed by atoms with Crippen molar-refractivity contribution in [1.82, 2.24) is 5.32 Å². The Morgan fingerprint density at radius 3 is 2.70 bits per heavy atom. The second kappa shape index (κ2) is 3.20. The predicted octanol–water partition coefficient (Wildman–Crippen LogP) is 1.95. The van der Waals surface area contributed by atoms with E-state index in [1.807, 2.05) is 0 Å². The maximum atomic E-state index is 3.35. The van der Waals surface area contributed by atoms with E-state index in [2.05, 4.69) is 32.3 Å². The molecule has 0 radical (unpaired) electrons. The van der Waals surface area contributed by atoms with Crippen LogP contribution in [0.2, 0.25) is 0 Å². The first-order chi connectivity index (χ1) is 4.79. The maximum Gasteiger partial charge on any atom is 0.0302 e. The third kappa shape index (κ3) is 1.24. The number of hydrogen-bond acceptors (Lipinski definition) is 1. The summed E-state index contributed by atoms with van der Waals surface area (Å²) in [5.41, 5.74) is 1.59. The van der Waals surface area contributed by atoms with E-state index >= 15 is 0 Å². The van der Waals surface area contributed by atoms with Gasteiger partial charge in [-0.25, -0.2) is 0 Å². The monoisotopic (exact) mass is 139 g/mol. The van der Waals surface area contributed by atoms with Crippen LogP contribution in [-0.4, -0.2) is 13.1 Å². The Balaban J connectivity index is 2.63. The van der Waals surface area contributed by atoms with E-state index in [4.69, 9.17) is 0 Å². The number of hydrogen-bond donors (Lipinski definition) is 1. The topological polar surface area (TPSA) is 12.0 Å². The van der Waals surface area contributed by atoms with Crippen molar-refractivity contribution >= 4 is 0 Å². The van der Waals surface area contributed by atoms with Gasteiger partial charge in [-0.2, -0.15) is 0 Å². The standard InChI is InChI=1S/C9H17N/c1-4-8-6-5-7(2)9(8)10-3/h4,7,9-10H,5-6H2,1-3H3. The van der Waals surface area contributed by atoms with Gasteiger partial charge in [0, 0.05) is 6.04 Å². The lowest BCUT2D eigenvalue weighted by molar-refractivity contribution is 0.490. The number of nitrogens with one attached hydrogen (secondary N) is 1. The zero-order valence-electron chi connectivity index (χ0n) is 7.15. The summed E-state index contributed by atoms with van der Waals surface area (Å²) < 4.78 is 0. The van der Waals surface area contributed by atoms with Crippen LogP contribution in [0.4, 0.5) is 0 Å². The molecule has 1 rings (SSSR count). The Kier molecular flexibility index (Phi) is 2.50. The van der Waals surface area contributed by atoms with E-state index in [1.165, 1.54) is 12.8 Å². The Hall–Kier alpha value is -0.300. The summed E-state index contributed by atoms with van der Waals surface area (Å²) in [6.07, 6.45) is 4.90. The van der Waals surface area contributed by atoms with E-state index in [0.717, 1.165) is 5.92 Å². The number of likely N-dealkylation sites (N-methyl/N-ethyl adjacent to an activating group) is 1. The molecule has 0 aromatic carbocycles. The molecule has 0 aromatic rings. The van der Waals surface area contributed by atoms with Gasteiger partial charge in [0.25, 0.3) is 0 Å². The molecule has 0 heterocycles. The van der Waals surface area contributed by atoms with E-state index in [-0.39, 0.29) is 0 Å². The van der Waals surface area contributed by atoms with E-state index in [9.17, 15) is 0 Å². The lowest BCUT2D eigenvalue weighted by Gasteiger charge is -2.15. The average Bonchev–Trinajstić information content (AvgIpc) is 2.30. The van der Waals surface area contributed by atoms with Crippen LogP contribution in [0.25, 0.3) is 0 Å². The fourth-order valence-electron chi connectivity index (χ4n) is 1.88. The average molecular weight is 139 g/mol. The van der Waals surface area contributed by atoms with Crippen LogP contribution in [0, 0.1) is 5.92 Å². The quantitative estimate of drug-likeness (QED) is 0.547. The van der Waals surface area contributed by atoms with Gasteiger partial charge in [0.1, 0.15) is 0 Å². The van der Waals surface area contributed by atoms with Crippen molar-refractivity contribution in [3.8, 4) is 0 Å². The summed E-state index contributed by atoms with van der Waals surface area (Å²) in [6, 6.07) is 0.657. The smallest absolute Gasteiger partial charge is 0.0302 e. The van der Waals surface area contributed by atoms with Gasteiger partial charge in [0.05, 0.1) is 0 Å². The fourth-order valence-corrected chi connectivity index (χ4v) is 1.88. The molecule has 0 amide bonds. The summed E-state index contributed by atoms with van der Waals surface area (Å²) >= 11 is 0. The fraction of sp³-hybridized carbons (Fsp3) is 0.778. The number of allylic oxidation sites excluding steroid dienone is 1. The van der Waals surface area contributed by atoms with Crippen molar-refractivity contribution in [2.24, 2.45) is 5.92 Å². The normalized spacial score (nSPS) is 37.3. The number of rotatable bonds is 1. The Bertz CT molecular complexity index is 138. The summed E-state index contributed by atoms with van der Waals surface area (Å²) in [4.78, 5) is 0. The second-order valence-electron chi connectivity index (χ2n) is 3.15. The molecule has 0 saturated heterocycles. The lowest BCUT2D eigenvalue weighted by atomic mass is 10.0. The summed E-state index contributed by atoms with van der Waals surface area (Å²) in [6.45, 7) is 4.45. The predicted molar refractivity (Wildman–Crippen MR) is 45.0 cm³/mol. The molecule has 1 saturated carbocycles. The summed E-state index contributed by atoms with van der Waals surface area (Å²) in [5, 5.41) is 3.35. The molecule has 1 fully saturated rings. The molecular formula is C9H17N. The Morgan fingerprint density at radius 1 is 1.60 bits per heavy atom. The highest BCUT2D eigenvalue weighted by atomic mass is 14.9. The molecule has 2 atom stereocenters. The molecule has 0 aliphatic heterocycles. The van der Waals surface area contributed by atoms with Crippen molar-refractivity contribution in [3.05, 3.63) is 11.6 Å². The van der Waals surface area contributed by atoms with Crippen LogP contribution in [0.3, 0.4) is 0 Å². The van der Waals surface area contributed by atoms with Crippen LogP contribution in [0.1, 0.15) is 26.7 Å². The van der Waals surface area contributed by atoms with E-state index in [0.29, 0.717) is 6.04 Å².